The monoisotopic (exact) mass is 364 g/mol. The van der Waals surface area contributed by atoms with Gasteiger partial charge in [0.15, 0.2) is 0 Å². The van der Waals surface area contributed by atoms with Crippen LogP contribution in [0.25, 0.3) is 10.9 Å². The van der Waals surface area contributed by atoms with Crippen molar-refractivity contribution in [2.45, 2.75) is 44.8 Å². The fraction of sp³-hybridized carbons (Fsp3) is 0.500. The molecule has 3 aromatic rings. The van der Waals surface area contributed by atoms with Crippen molar-refractivity contribution in [1.82, 2.24) is 29.4 Å². The molecule has 1 unspecified atom stereocenters. The van der Waals surface area contributed by atoms with Crippen molar-refractivity contribution in [3.8, 4) is 0 Å². The third-order valence-electron chi connectivity index (χ3n) is 5.71. The summed E-state index contributed by atoms with van der Waals surface area (Å²) in [4.78, 5) is 20.6. The molecule has 1 saturated heterocycles. The van der Waals surface area contributed by atoms with Gasteiger partial charge in [-0.3, -0.25) is 18.9 Å². The Labute approximate surface area is 157 Å². The van der Waals surface area contributed by atoms with Crippen molar-refractivity contribution in [3.05, 3.63) is 52.3 Å². The van der Waals surface area contributed by atoms with E-state index in [1.807, 2.05) is 42.1 Å². The van der Waals surface area contributed by atoms with E-state index in [4.69, 9.17) is 4.98 Å². The zero-order valence-corrected chi connectivity index (χ0v) is 15.6. The molecular formula is C20H24N6O. The van der Waals surface area contributed by atoms with Crippen LogP contribution < -0.4 is 5.56 Å². The molecule has 5 rings (SSSR count). The van der Waals surface area contributed by atoms with Crippen LogP contribution in [-0.2, 0) is 20.1 Å². The standard InChI is InChI=1S/C20H24N6O/c1-24-12-15(22-23-24)13-25-10-4-7-18(25)19-21-17-6-3-2-5-16(17)20(27)26(19)11-14-8-9-14/h2-3,5-6,12,14,18H,4,7-11,13H2,1H3. The van der Waals surface area contributed by atoms with Gasteiger partial charge in [0.1, 0.15) is 5.82 Å². The van der Waals surface area contributed by atoms with E-state index in [1.54, 1.807) is 4.68 Å². The number of para-hydroxylation sites is 1. The lowest BCUT2D eigenvalue weighted by molar-refractivity contribution is 0.229. The minimum atomic E-state index is 0.105. The average Bonchev–Trinajstić information content (AvgIpc) is 3.22. The Balaban J connectivity index is 1.56. The van der Waals surface area contributed by atoms with Crippen LogP contribution in [0.4, 0.5) is 0 Å². The second-order valence-corrected chi connectivity index (χ2v) is 7.86. The van der Waals surface area contributed by atoms with Crippen molar-refractivity contribution in [2.24, 2.45) is 13.0 Å². The third-order valence-corrected chi connectivity index (χ3v) is 5.71. The first kappa shape index (κ1) is 16.6. The van der Waals surface area contributed by atoms with E-state index in [9.17, 15) is 4.79 Å². The number of hydrogen-bond acceptors (Lipinski definition) is 5. The minimum absolute atomic E-state index is 0.105. The largest absolute Gasteiger partial charge is 0.295 e. The van der Waals surface area contributed by atoms with E-state index in [1.165, 1.54) is 12.8 Å². The van der Waals surface area contributed by atoms with E-state index >= 15 is 0 Å². The number of likely N-dealkylation sites (tertiary alicyclic amines) is 1. The molecule has 1 aliphatic carbocycles. The van der Waals surface area contributed by atoms with Gasteiger partial charge in [0.25, 0.3) is 5.56 Å². The lowest BCUT2D eigenvalue weighted by Crippen LogP contribution is -2.32. The summed E-state index contributed by atoms with van der Waals surface area (Å²) in [7, 11) is 1.89. The maximum Gasteiger partial charge on any atom is 0.261 e. The lowest BCUT2D eigenvalue weighted by Gasteiger charge is -2.26. The Hall–Kier alpha value is -2.54. The van der Waals surface area contributed by atoms with Gasteiger partial charge in [-0.15, -0.1) is 5.10 Å². The number of benzene rings is 1. The minimum Gasteiger partial charge on any atom is -0.295 e. The normalized spacial score (nSPS) is 20.6. The molecule has 0 radical (unpaired) electrons. The highest BCUT2D eigenvalue weighted by Crippen LogP contribution is 2.35. The second kappa shape index (κ2) is 6.56. The molecule has 2 fully saturated rings. The second-order valence-electron chi connectivity index (χ2n) is 7.86. The number of hydrogen-bond donors (Lipinski definition) is 0. The Morgan fingerprint density at radius 3 is 2.81 bits per heavy atom. The predicted octanol–water partition coefficient (Wildman–Crippen LogP) is 2.27. The topological polar surface area (TPSA) is 68.8 Å². The molecule has 0 amide bonds. The summed E-state index contributed by atoms with van der Waals surface area (Å²) in [6, 6.07) is 7.87. The molecule has 1 atom stereocenters. The highest BCUT2D eigenvalue weighted by atomic mass is 16.1. The summed E-state index contributed by atoms with van der Waals surface area (Å²) < 4.78 is 3.69. The average molecular weight is 364 g/mol. The Morgan fingerprint density at radius 2 is 2.04 bits per heavy atom. The van der Waals surface area contributed by atoms with E-state index in [0.717, 1.165) is 54.9 Å². The molecule has 27 heavy (non-hydrogen) atoms. The first-order valence-electron chi connectivity index (χ1n) is 9.78. The van der Waals surface area contributed by atoms with Crippen LogP contribution in [-0.4, -0.2) is 36.0 Å². The van der Waals surface area contributed by atoms with E-state index in [2.05, 4.69) is 15.2 Å². The van der Waals surface area contributed by atoms with Crippen LogP contribution in [0, 0.1) is 5.92 Å². The third kappa shape index (κ3) is 3.16. The van der Waals surface area contributed by atoms with Crippen LogP contribution >= 0.6 is 0 Å². The molecule has 2 aliphatic rings. The SMILES string of the molecule is Cn1cc(CN2CCCC2c2nc3ccccc3c(=O)n2CC2CC2)nn1. The molecule has 7 nitrogen and oxygen atoms in total. The molecule has 1 aliphatic heterocycles. The van der Waals surface area contributed by atoms with E-state index in [-0.39, 0.29) is 11.6 Å². The van der Waals surface area contributed by atoms with Gasteiger partial charge >= 0.3 is 0 Å². The summed E-state index contributed by atoms with van der Waals surface area (Å²) in [5.41, 5.74) is 1.87. The van der Waals surface area contributed by atoms with Crippen LogP contribution in [0.2, 0.25) is 0 Å². The van der Waals surface area contributed by atoms with Crippen LogP contribution in [0.5, 0.6) is 0 Å². The number of aromatic nitrogens is 5. The van der Waals surface area contributed by atoms with Crippen molar-refractivity contribution in [2.75, 3.05) is 6.54 Å². The summed E-state index contributed by atoms with van der Waals surface area (Å²) in [6.07, 6.45) is 6.52. The Morgan fingerprint density at radius 1 is 1.19 bits per heavy atom. The van der Waals surface area contributed by atoms with E-state index < -0.39 is 0 Å². The highest BCUT2D eigenvalue weighted by molar-refractivity contribution is 5.77. The lowest BCUT2D eigenvalue weighted by atomic mass is 10.1. The fourth-order valence-electron chi connectivity index (χ4n) is 4.16. The molecule has 0 spiro atoms. The predicted molar refractivity (Wildman–Crippen MR) is 102 cm³/mol. The van der Waals surface area contributed by atoms with Gasteiger partial charge in [-0.1, -0.05) is 17.3 Å². The highest BCUT2D eigenvalue weighted by Gasteiger charge is 2.32. The number of rotatable bonds is 5. The quantitative estimate of drug-likeness (QED) is 0.695. The van der Waals surface area contributed by atoms with Crippen molar-refractivity contribution < 1.29 is 0 Å². The van der Waals surface area contributed by atoms with Crippen molar-refractivity contribution in [3.63, 3.8) is 0 Å². The van der Waals surface area contributed by atoms with Gasteiger partial charge in [-0.05, 0) is 50.3 Å². The van der Waals surface area contributed by atoms with Gasteiger partial charge in [-0.2, -0.15) is 0 Å². The van der Waals surface area contributed by atoms with Gasteiger partial charge < -0.3 is 0 Å². The molecule has 0 N–H and O–H groups in total. The van der Waals surface area contributed by atoms with Crippen LogP contribution in [0.15, 0.2) is 35.3 Å². The summed E-state index contributed by atoms with van der Waals surface area (Å²) in [5.74, 6) is 1.55. The molecule has 3 heterocycles. The summed E-state index contributed by atoms with van der Waals surface area (Å²) in [6.45, 7) is 2.53. The Bertz CT molecular complexity index is 1030. The molecular weight excluding hydrogens is 340 g/mol. The van der Waals surface area contributed by atoms with Crippen LogP contribution in [0.3, 0.4) is 0 Å². The smallest absolute Gasteiger partial charge is 0.261 e. The number of nitrogens with zero attached hydrogens (tertiary/aromatic N) is 6. The molecule has 0 bridgehead atoms. The fourth-order valence-corrected chi connectivity index (χ4v) is 4.16. The number of fused-ring (bicyclic) bond motifs is 1. The Kier molecular flexibility index (Phi) is 4.04. The zero-order valence-electron chi connectivity index (χ0n) is 15.6. The molecule has 2 aromatic heterocycles. The van der Waals surface area contributed by atoms with Gasteiger partial charge in [0, 0.05) is 26.3 Å². The van der Waals surface area contributed by atoms with Gasteiger partial charge in [-0.25, -0.2) is 4.98 Å². The number of aryl methyl sites for hydroxylation is 1. The summed E-state index contributed by atoms with van der Waals surface area (Å²) >= 11 is 0. The first-order chi connectivity index (χ1) is 13.2. The zero-order chi connectivity index (χ0) is 18.4. The molecule has 1 aromatic carbocycles. The summed E-state index contributed by atoms with van der Waals surface area (Å²) in [5, 5.41) is 9.01. The van der Waals surface area contributed by atoms with Crippen molar-refractivity contribution in [1.29, 1.82) is 0 Å². The molecule has 1 saturated carbocycles. The maximum absolute atomic E-state index is 13.2. The molecule has 7 heteroatoms. The van der Waals surface area contributed by atoms with Crippen LogP contribution in [0.1, 0.15) is 43.2 Å². The first-order valence-corrected chi connectivity index (χ1v) is 9.78. The maximum atomic E-state index is 13.2. The van der Waals surface area contributed by atoms with Crippen molar-refractivity contribution >= 4 is 10.9 Å². The molecule has 140 valence electrons. The van der Waals surface area contributed by atoms with Gasteiger partial charge in [0.05, 0.1) is 22.6 Å². The van der Waals surface area contributed by atoms with Gasteiger partial charge in [0.2, 0.25) is 0 Å². The van der Waals surface area contributed by atoms with E-state index in [0.29, 0.717) is 5.92 Å².